The summed E-state index contributed by atoms with van der Waals surface area (Å²) in [6, 6.07) is 0. The maximum atomic E-state index is 2.80. The van der Waals surface area contributed by atoms with Gasteiger partial charge < -0.3 is 4.90 Å². The predicted octanol–water partition coefficient (Wildman–Crippen LogP) is 10.8. The van der Waals surface area contributed by atoms with E-state index in [1.165, 1.54) is 95.8 Å². The predicted molar refractivity (Wildman–Crippen MR) is 174 cm³/mol. The SMILES string of the molecule is CC[C@H](CC[C@@H](C)[C@H]1CCC2[C@@H]3CC=C4CC(SSCCCCN(C)C)CC[C@]4(C)[C@H]3CC[C@@]21C)C(C)C. The van der Waals surface area contributed by atoms with E-state index in [0.717, 1.165) is 46.7 Å². The fraction of sp³-hybridized carbons (Fsp3) is 0.943. The number of hydrogen-bond acceptors (Lipinski definition) is 3. The van der Waals surface area contributed by atoms with Crippen LogP contribution < -0.4 is 0 Å². The second-order valence-electron chi connectivity index (χ2n) is 15.2. The van der Waals surface area contributed by atoms with Crippen molar-refractivity contribution >= 4 is 21.6 Å². The Morgan fingerprint density at radius 2 is 1.76 bits per heavy atom. The van der Waals surface area contributed by atoms with Gasteiger partial charge in [0.2, 0.25) is 0 Å². The topological polar surface area (TPSA) is 3.24 Å². The molecule has 0 aromatic carbocycles. The molecule has 0 radical (unpaired) electrons. The summed E-state index contributed by atoms with van der Waals surface area (Å²) in [7, 11) is 8.78. The lowest BCUT2D eigenvalue weighted by Gasteiger charge is -2.58. The maximum Gasteiger partial charge on any atom is 0.0189 e. The molecule has 38 heavy (non-hydrogen) atoms. The summed E-state index contributed by atoms with van der Waals surface area (Å²) < 4.78 is 0. The van der Waals surface area contributed by atoms with Crippen molar-refractivity contribution in [1.29, 1.82) is 0 Å². The first-order valence-electron chi connectivity index (χ1n) is 16.7. The summed E-state index contributed by atoms with van der Waals surface area (Å²) in [4.78, 5) is 2.32. The molecule has 3 heteroatoms. The summed E-state index contributed by atoms with van der Waals surface area (Å²) in [5.41, 5.74) is 2.99. The van der Waals surface area contributed by atoms with Crippen molar-refractivity contribution in [2.24, 2.45) is 52.3 Å². The lowest BCUT2D eigenvalue weighted by molar-refractivity contribution is -0.0500. The molecular formula is C35H63NS2. The molecule has 0 aliphatic heterocycles. The molecule has 3 fully saturated rings. The van der Waals surface area contributed by atoms with Gasteiger partial charge in [0.1, 0.15) is 0 Å². The molecule has 9 atom stereocenters. The minimum atomic E-state index is 0.507. The van der Waals surface area contributed by atoms with Gasteiger partial charge >= 0.3 is 0 Å². The number of nitrogens with zero attached hydrogens (tertiary/aromatic N) is 1. The van der Waals surface area contributed by atoms with Crippen LogP contribution in [0.5, 0.6) is 0 Å². The largest absolute Gasteiger partial charge is 0.309 e. The third kappa shape index (κ3) is 6.72. The van der Waals surface area contributed by atoms with Gasteiger partial charge in [-0.1, -0.05) is 87.6 Å². The van der Waals surface area contributed by atoms with Gasteiger partial charge in [-0.15, -0.1) is 0 Å². The van der Waals surface area contributed by atoms with Crippen LogP contribution in [0, 0.1) is 52.3 Å². The Kier molecular flexibility index (Phi) is 11.2. The summed E-state index contributed by atoms with van der Waals surface area (Å²) in [6.07, 6.45) is 21.5. The molecule has 0 aromatic heterocycles. The van der Waals surface area contributed by atoms with Gasteiger partial charge in [0, 0.05) is 11.0 Å². The first kappa shape index (κ1) is 31.3. The van der Waals surface area contributed by atoms with Crippen LogP contribution in [0.25, 0.3) is 0 Å². The van der Waals surface area contributed by atoms with E-state index in [4.69, 9.17) is 0 Å². The molecule has 4 aliphatic rings. The average molecular weight is 562 g/mol. The van der Waals surface area contributed by atoms with Crippen molar-refractivity contribution in [2.75, 3.05) is 26.4 Å². The molecule has 220 valence electrons. The van der Waals surface area contributed by atoms with Crippen LogP contribution in [-0.2, 0) is 0 Å². The zero-order chi connectivity index (χ0) is 27.5. The normalized spacial score (nSPS) is 38.5. The van der Waals surface area contributed by atoms with Gasteiger partial charge in [0.05, 0.1) is 0 Å². The zero-order valence-corrected chi connectivity index (χ0v) is 28.2. The number of fused-ring (bicyclic) bond motifs is 5. The summed E-state index contributed by atoms with van der Waals surface area (Å²) >= 11 is 0. The summed E-state index contributed by atoms with van der Waals surface area (Å²) in [5.74, 6) is 7.89. The zero-order valence-electron chi connectivity index (χ0n) is 26.6. The molecule has 0 bridgehead atoms. The van der Waals surface area contributed by atoms with Gasteiger partial charge in [-0.05, 0) is 144 Å². The van der Waals surface area contributed by atoms with Crippen molar-refractivity contribution < 1.29 is 0 Å². The summed E-state index contributed by atoms with van der Waals surface area (Å²) in [5, 5.41) is 0.855. The van der Waals surface area contributed by atoms with Gasteiger partial charge in [0.25, 0.3) is 0 Å². The van der Waals surface area contributed by atoms with Crippen LogP contribution in [0.3, 0.4) is 0 Å². The van der Waals surface area contributed by atoms with E-state index >= 15 is 0 Å². The molecule has 3 saturated carbocycles. The van der Waals surface area contributed by atoms with E-state index in [-0.39, 0.29) is 0 Å². The second kappa shape index (κ2) is 13.6. The highest BCUT2D eigenvalue weighted by atomic mass is 33.1. The van der Waals surface area contributed by atoms with Crippen LogP contribution in [0.2, 0.25) is 0 Å². The van der Waals surface area contributed by atoms with Crippen molar-refractivity contribution in [3.05, 3.63) is 11.6 Å². The Bertz CT molecular complexity index is 776. The molecule has 0 saturated heterocycles. The maximum absolute atomic E-state index is 2.80. The van der Waals surface area contributed by atoms with Gasteiger partial charge in [-0.3, -0.25) is 0 Å². The average Bonchev–Trinajstić information content (AvgIpc) is 3.23. The first-order chi connectivity index (χ1) is 18.1. The van der Waals surface area contributed by atoms with Gasteiger partial charge in [0.15, 0.2) is 0 Å². The molecule has 0 amide bonds. The highest BCUT2D eigenvalue weighted by Gasteiger charge is 2.59. The van der Waals surface area contributed by atoms with Crippen molar-refractivity contribution in [3.63, 3.8) is 0 Å². The molecule has 0 N–H and O–H groups in total. The standard InChI is InChI=1S/C35H63NS2/c1-9-27(25(2)3)13-12-26(4)31-16-17-32-30-15-14-28-24-29(38-37-23-11-10-22-36(7)8)18-20-34(28,5)33(30)19-21-35(31,32)6/h14,25-27,29-33H,9-13,15-24H2,1-8H3/t26-,27-,29?,30+,31-,32?,33+,34+,35-/m1/s1. The van der Waals surface area contributed by atoms with E-state index < -0.39 is 0 Å². The van der Waals surface area contributed by atoms with Crippen molar-refractivity contribution in [2.45, 2.75) is 130 Å². The molecule has 2 unspecified atom stereocenters. The van der Waals surface area contributed by atoms with E-state index in [1.807, 2.05) is 5.57 Å². The number of allylic oxidation sites excluding steroid dienone is 2. The number of rotatable bonds is 13. The number of unbranched alkanes of at least 4 members (excludes halogenated alkanes) is 1. The monoisotopic (exact) mass is 561 g/mol. The van der Waals surface area contributed by atoms with Crippen LogP contribution in [0.4, 0.5) is 0 Å². The van der Waals surface area contributed by atoms with E-state index in [1.54, 1.807) is 0 Å². The van der Waals surface area contributed by atoms with Crippen LogP contribution >= 0.6 is 21.6 Å². The molecule has 0 aromatic rings. The Labute approximate surface area is 246 Å². The fourth-order valence-electron chi connectivity index (χ4n) is 10.1. The molecule has 0 heterocycles. The molecule has 4 rings (SSSR count). The van der Waals surface area contributed by atoms with Gasteiger partial charge in [-0.25, -0.2) is 0 Å². The van der Waals surface area contributed by atoms with E-state index in [0.29, 0.717) is 10.8 Å². The van der Waals surface area contributed by atoms with Gasteiger partial charge in [-0.2, -0.15) is 0 Å². The molecular weight excluding hydrogens is 499 g/mol. The lowest BCUT2D eigenvalue weighted by atomic mass is 9.47. The number of hydrogen-bond donors (Lipinski definition) is 0. The van der Waals surface area contributed by atoms with Crippen molar-refractivity contribution in [1.82, 2.24) is 4.90 Å². The third-order valence-corrected chi connectivity index (χ3v) is 15.6. The van der Waals surface area contributed by atoms with E-state index in [9.17, 15) is 0 Å². The third-order valence-electron chi connectivity index (χ3n) is 12.6. The Balaban J connectivity index is 1.33. The Morgan fingerprint density at radius 1 is 0.974 bits per heavy atom. The minimum absolute atomic E-state index is 0.507. The highest BCUT2D eigenvalue weighted by molar-refractivity contribution is 8.76. The van der Waals surface area contributed by atoms with Crippen molar-refractivity contribution in [3.8, 4) is 0 Å². The molecule has 1 nitrogen and oxygen atoms in total. The fourth-order valence-corrected chi connectivity index (χ4v) is 12.9. The van der Waals surface area contributed by atoms with E-state index in [2.05, 4.69) is 88.2 Å². The highest BCUT2D eigenvalue weighted by Crippen LogP contribution is 2.67. The smallest absolute Gasteiger partial charge is 0.0189 e. The second-order valence-corrected chi connectivity index (χ2v) is 18.0. The Hall–Kier alpha value is 0.400. The first-order valence-corrected chi connectivity index (χ1v) is 19.1. The quantitative estimate of drug-likeness (QED) is 0.125. The van der Waals surface area contributed by atoms with Crippen LogP contribution in [0.1, 0.15) is 125 Å². The molecule has 0 spiro atoms. The lowest BCUT2D eigenvalue weighted by Crippen LogP contribution is -2.50. The Morgan fingerprint density at radius 3 is 2.47 bits per heavy atom. The van der Waals surface area contributed by atoms with Crippen LogP contribution in [0.15, 0.2) is 11.6 Å². The minimum Gasteiger partial charge on any atom is -0.309 e. The summed E-state index contributed by atoms with van der Waals surface area (Å²) in [6.45, 7) is 16.6. The molecule has 4 aliphatic carbocycles. The van der Waals surface area contributed by atoms with Crippen LogP contribution in [-0.4, -0.2) is 36.5 Å².